The molecule has 4 heteroatoms. The largest absolute Gasteiger partial charge is 0.355 e. The van der Waals surface area contributed by atoms with E-state index < -0.39 is 0 Å². The minimum absolute atomic E-state index is 0.0160. The zero-order chi connectivity index (χ0) is 18.0. The molecule has 0 saturated carbocycles. The molecule has 2 aliphatic heterocycles. The van der Waals surface area contributed by atoms with Crippen LogP contribution in [0, 0.1) is 5.92 Å². The Morgan fingerprint density at radius 1 is 1.00 bits per heavy atom. The monoisotopic (exact) mass is 348 g/mol. The Hall–Kier alpha value is -2.62. The lowest BCUT2D eigenvalue weighted by atomic mass is 9.69. The third-order valence-corrected chi connectivity index (χ3v) is 5.78. The molecular weight excluding hydrogens is 324 g/mol. The molecular formula is C22H24N2O2. The van der Waals surface area contributed by atoms with Gasteiger partial charge in [-0.3, -0.25) is 9.59 Å². The van der Waals surface area contributed by atoms with Crippen molar-refractivity contribution in [2.75, 3.05) is 19.6 Å². The van der Waals surface area contributed by atoms with Gasteiger partial charge < -0.3 is 10.2 Å². The van der Waals surface area contributed by atoms with E-state index in [1.54, 1.807) is 0 Å². The first-order chi connectivity index (χ1) is 12.7. The number of benzene rings is 2. The number of likely N-dealkylation sites (tertiary alicyclic amines) is 1. The summed E-state index contributed by atoms with van der Waals surface area (Å²) in [6.07, 6.45) is 2.30. The molecule has 0 aromatic heterocycles. The maximum absolute atomic E-state index is 13.0. The lowest BCUT2D eigenvalue weighted by Crippen LogP contribution is -2.51. The lowest BCUT2D eigenvalue weighted by molar-refractivity contribution is -0.137. The molecule has 0 radical (unpaired) electrons. The average Bonchev–Trinajstić information content (AvgIpc) is 3.15. The Morgan fingerprint density at radius 3 is 2.15 bits per heavy atom. The fourth-order valence-corrected chi connectivity index (χ4v) is 4.43. The second-order valence-corrected chi connectivity index (χ2v) is 7.38. The van der Waals surface area contributed by atoms with E-state index >= 15 is 0 Å². The number of amides is 2. The number of nitrogens with zero attached hydrogens (tertiary/aromatic N) is 1. The molecule has 26 heavy (non-hydrogen) atoms. The summed E-state index contributed by atoms with van der Waals surface area (Å²) in [5.41, 5.74) is 2.32. The minimum atomic E-state index is -0.218. The predicted octanol–water partition coefficient (Wildman–Crippen LogP) is 2.73. The third-order valence-electron chi connectivity index (χ3n) is 5.78. The van der Waals surface area contributed by atoms with Crippen molar-refractivity contribution in [1.29, 1.82) is 0 Å². The predicted molar refractivity (Wildman–Crippen MR) is 101 cm³/mol. The van der Waals surface area contributed by atoms with Gasteiger partial charge in [0.2, 0.25) is 11.8 Å². The molecule has 4 nitrogen and oxygen atoms in total. The molecule has 2 fully saturated rings. The Kier molecular flexibility index (Phi) is 4.49. The van der Waals surface area contributed by atoms with Crippen LogP contribution in [0.4, 0.5) is 0 Å². The minimum Gasteiger partial charge on any atom is -0.355 e. The fourth-order valence-electron chi connectivity index (χ4n) is 4.43. The topological polar surface area (TPSA) is 49.4 Å². The van der Waals surface area contributed by atoms with Gasteiger partial charge in [0.15, 0.2) is 0 Å². The quantitative estimate of drug-likeness (QED) is 0.927. The van der Waals surface area contributed by atoms with Crippen LogP contribution >= 0.6 is 0 Å². The highest BCUT2D eigenvalue weighted by atomic mass is 16.2. The summed E-state index contributed by atoms with van der Waals surface area (Å²) in [7, 11) is 0. The van der Waals surface area contributed by atoms with Gasteiger partial charge in [-0.1, -0.05) is 60.7 Å². The van der Waals surface area contributed by atoms with Crippen molar-refractivity contribution >= 4 is 11.8 Å². The van der Waals surface area contributed by atoms with Crippen molar-refractivity contribution in [3.8, 4) is 0 Å². The molecule has 1 atom stereocenters. The lowest BCUT2D eigenvalue weighted by Gasteiger charge is -2.44. The highest BCUT2D eigenvalue weighted by Crippen LogP contribution is 2.40. The second-order valence-electron chi connectivity index (χ2n) is 7.38. The zero-order valence-corrected chi connectivity index (χ0v) is 14.9. The summed E-state index contributed by atoms with van der Waals surface area (Å²) in [6.45, 7) is 1.91. The smallest absolute Gasteiger partial charge is 0.228 e. The van der Waals surface area contributed by atoms with Gasteiger partial charge in [-0.15, -0.1) is 0 Å². The summed E-state index contributed by atoms with van der Waals surface area (Å²) < 4.78 is 0. The van der Waals surface area contributed by atoms with E-state index in [2.05, 4.69) is 53.8 Å². The van der Waals surface area contributed by atoms with Crippen LogP contribution in [0.3, 0.4) is 0 Å². The van der Waals surface area contributed by atoms with Gasteiger partial charge in [0.05, 0.1) is 5.92 Å². The van der Waals surface area contributed by atoms with E-state index in [9.17, 15) is 9.59 Å². The van der Waals surface area contributed by atoms with Crippen LogP contribution in [0.2, 0.25) is 0 Å². The van der Waals surface area contributed by atoms with Crippen LogP contribution in [-0.2, 0) is 15.0 Å². The first-order valence-electron chi connectivity index (χ1n) is 9.36. The van der Waals surface area contributed by atoms with E-state index in [4.69, 9.17) is 0 Å². The van der Waals surface area contributed by atoms with Crippen molar-refractivity contribution in [2.24, 2.45) is 5.92 Å². The molecule has 2 aliphatic rings. The van der Waals surface area contributed by atoms with Crippen LogP contribution in [0.1, 0.15) is 30.4 Å². The number of hydrogen-bond acceptors (Lipinski definition) is 2. The summed E-state index contributed by atoms with van der Waals surface area (Å²) in [5.74, 6) is -0.123. The molecule has 0 bridgehead atoms. The Bertz CT molecular complexity index is 749. The first-order valence-corrected chi connectivity index (χ1v) is 9.36. The van der Waals surface area contributed by atoms with Gasteiger partial charge in [-0.25, -0.2) is 0 Å². The number of rotatable bonds is 3. The fraction of sp³-hybridized carbons (Fsp3) is 0.364. The number of hydrogen-bond donors (Lipinski definition) is 1. The van der Waals surface area contributed by atoms with Gasteiger partial charge in [-0.2, -0.15) is 0 Å². The Labute approximate surface area is 154 Å². The van der Waals surface area contributed by atoms with E-state index in [1.807, 2.05) is 17.0 Å². The summed E-state index contributed by atoms with van der Waals surface area (Å²) in [4.78, 5) is 26.5. The maximum Gasteiger partial charge on any atom is 0.228 e. The number of piperidine rings is 1. The molecule has 2 amide bonds. The first kappa shape index (κ1) is 16.8. The van der Waals surface area contributed by atoms with Crippen LogP contribution < -0.4 is 5.32 Å². The van der Waals surface area contributed by atoms with Crippen LogP contribution in [0.25, 0.3) is 0 Å². The highest BCUT2D eigenvalue weighted by molar-refractivity contribution is 5.89. The molecule has 2 saturated heterocycles. The van der Waals surface area contributed by atoms with E-state index in [0.717, 1.165) is 19.4 Å². The van der Waals surface area contributed by atoms with E-state index in [-0.39, 0.29) is 23.1 Å². The second kappa shape index (κ2) is 6.94. The van der Waals surface area contributed by atoms with Gasteiger partial charge in [0.1, 0.15) is 0 Å². The standard InChI is InChI=1S/C22H24N2O2/c25-20-14-17(15-23-20)21(26)24-13-7-12-22(16-24,18-8-3-1-4-9-18)19-10-5-2-6-11-19/h1-6,8-11,17H,7,12-16H2,(H,23,25). The molecule has 2 aromatic rings. The van der Waals surface area contributed by atoms with Gasteiger partial charge in [-0.05, 0) is 24.0 Å². The van der Waals surface area contributed by atoms with Crippen molar-refractivity contribution in [3.63, 3.8) is 0 Å². The van der Waals surface area contributed by atoms with E-state index in [1.165, 1.54) is 11.1 Å². The normalized spacial score (nSPS) is 22.1. The molecule has 1 unspecified atom stereocenters. The zero-order valence-electron chi connectivity index (χ0n) is 14.9. The Morgan fingerprint density at radius 2 is 1.62 bits per heavy atom. The summed E-state index contributed by atoms with van der Waals surface area (Å²) >= 11 is 0. The van der Waals surface area contributed by atoms with Crippen molar-refractivity contribution in [3.05, 3.63) is 71.8 Å². The van der Waals surface area contributed by atoms with Gasteiger partial charge in [0.25, 0.3) is 0 Å². The Balaban J connectivity index is 1.68. The molecule has 2 aromatic carbocycles. The average molecular weight is 348 g/mol. The third kappa shape index (κ3) is 3.00. The van der Waals surface area contributed by atoms with Crippen molar-refractivity contribution in [2.45, 2.75) is 24.7 Å². The number of carbonyl (C=O) groups is 2. The molecule has 1 N–H and O–H groups in total. The highest BCUT2D eigenvalue weighted by Gasteiger charge is 2.42. The molecule has 0 aliphatic carbocycles. The van der Waals surface area contributed by atoms with Crippen LogP contribution in [0.5, 0.6) is 0 Å². The summed E-state index contributed by atoms with van der Waals surface area (Å²) in [5, 5.41) is 2.79. The number of nitrogens with one attached hydrogen (secondary N) is 1. The van der Waals surface area contributed by atoms with Crippen molar-refractivity contribution < 1.29 is 9.59 Å². The number of carbonyl (C=O) groups excluding carboxylic acids is 2. The van der Waals surface area contributed by atoms with Gasteiger partial charge in [0, 0.05) is 31.5 Å². The van der Waals surface area contributed by atoms with Crippen molar-refractivity contribution in [1.82, 2.24) is 10.2 Å². The molecule has 2 heterocycles. The van der Waals surface area contributed by atoms with Gasteiger partial charge >= 0.3 is 0 Å². The molecule has 0 spiro atoms. The summed E-state index contributed by atoms with van der Waals surface area (Å²) in [6, 6.07) is 21.0. The maximum atomic E-state index is 13.0. The molecule has 134 valence electrons. The van der Waals surface area contributed by atoms with Crippen LogP contribution in [-0.4, -0.2) is 36.3 Å². The molecule has 4 rings (SSSR count). The van der Waals surface area contributed by atoms with Crippen LogP contribution in [0.15, 0.2) is 60.7 Å². The SMILES string of the molecule is O=C1CC(C(=O)N2CCCC(c3ccccc3)(c3ccccc3)C2)CN1. The van der Waals surface area contributed by atoms with E-state index in [0.29, 0.717) is 19.5 Å².